The lowest BCUT2D eigenvalue weighted by Gasteiger charge is -2.14. The molecular formula is C10H9ClO5. The van der Waals surface area contributed by atoms with Gasteiger partial charge in [0.2, 0.25) is 0 Å². The molecule has 0 saturated carbocycles. The molecule has 0 aliphatic heterocycles. The van der Waals surface area contributed by atoms with Crippen LogP contribution in [0.3, 0.4) is 0 Å². The molecule has 5 nitrogen and oxygen atoms in total. The number of rotatable bonds is 4. The lowest BCUT2D eigenvalue weighted by Crippen LogP contribution is -2.27. The van der Waals surface area contributed by atoms with Crippen LogP contribution in [0.4, 0.5) is 0 Å². The number of carboxylic acids is 1. The largest absolute Gasteiger partial charge is 0.479 e. The summed E-state index contributed by atoms with van der Waals surface area (Å²) in [5.74, 6) is -1.55. The predicted octanol–water partition coefficient (Wildman–Crippen LogP) is 0.631. The third-order valence-electron chi connectivity index (χ3n) is 2.04. The van der Waals surface area contributed by atoms with Gasteiger partial charge in [0.1, 0.15) is 6.10 Å². The topological polar surface area (TPSA) is 94.8 Å². The molecule has 1 aromatic rings. The Morgan fingerprint density at radius 2 is 2.00 bits per heavy atom. The number of aliphatic hydroxyl groups excluding tert-OH is 2. The van der Waals surface area contributed by atoms with Crippen LogP contribution >= 0.6 is 11.6 Å². The maximum Gasteiger partial charge on any atom is 0.335 e. The monoisotopic (exact) mass is 244 g/mol. The van der Waals surface area contributed by atoms with Crippen molar-refractivity contribution < 1.29 is 24.9 Å². The Labute approximate surface area is 95.9 Å². The van der Waals surface area contributed by atoms with Gasteiger partial charge in [0.15, 0.2) is 12.4 Å². The number of benzene rings is 1. The molecule has 0 heterocycles. The standard InChI is InChI=1S/C10H9ClO5/c11-7-2-1-5(3-6(7)4-12)8(13)9(14)10(15)16/h1-4,8-9,13-14H,(H,15,16). The Hall–Kier alpha value is -1.43. The number of carbonyl (C=O) groups excluding carboxylic acids is 1. The maximum atomic E-state index is 10.6. The van der Waals surface area contributed by atoms with E-state index in [0.717, 1.165) is 0 Å². The van der Waals surface area contributed by atoms with Gasteiger partial charge < -0.3 is 15.3 Å². The second kappa shape index (κ2) is 5.07. The van der Waals surface area contributed by atoms with Crippen molar-refractivity contribution in [2.45, 2.75) is 12.2 Å². The van der Waals surface area contributed by atoms with Gasteiger partial charge >= 0.3 is 5.97 Å². The molecule has 0 amide bonds. The van der Waals surface area contributed by atoms with Crippen molar-refractivity contribution in [1.82, 2.24) is 0 Å². The van der Waals surface area contributed by atoms with Crippen LogP contribution in [-0.4, -0.2) is 33.7 Å². The van der Waals surface area contributed by atoms with Crippen molar-refractivity contribution >= 4 is 23.9 Å². The maximum absolute atomic E-state index is 10.6. The zero-order valence-corrected chi connectivity index (χ0v) is 8.76. The van der Waals surface area contributed by atoms with Gasteiger partial charge in [-0.2, -0.15) is 0 Å². The molecule has 2 atom stereocenters. The van der Waals surface area contributed by atoms with E-state index in [1.54, 1.807) is 0 Å². The number of aldehydes is 1. The third-order valence-corrected chi connectivity index (χ3v) is 2.38. The zero-order valence-electron chi connectivity index (χ0n) is 8.00. The van der Waals surface area contributed by atoms with Gasteiger partial charge in [0.25, 0.3) is 0 Å². The van der Waals surface area contributed by atoms with Crippen LogP contribution < -0.4 is 0 Å². The van der Waals surface area contributed by atoms with Gasteiger partial charge in [-0.3, -0.25) is 4.79 Å². The highest BCUT2D eigenvalue weighted by Gasteiger charge is 2.25. The summed E-state index contributed by atoms with van der Waals surface area (Å²) >= 11 is 5.65. The van der Waals surface area contributed by atoms with E-state index in [2.05, 4.69) is 0 Å². The number of carbonyl (C=O) groups is 2. The number of carboxylic acid groups (broad SMARTS) is 1. The van der Waals surface area contributed by atoms with Crippen molar-refractivity contribution in [3.63, 3.8) is 0 Å². The van der Waals surface area contributed by atoms with Crippen LogP contribution in [-0.2, 0) is 4.79 Å². The summed E-state index contributed by atoms with van der Waals surface area (Å²) in [6.45, 7) is 0. The van der Waals surface area contributed by atoms with E-state index in [1.807, 2.05) is 0 Å². The fourth-order valence-electron chi connectivity index (χ4n) is 1.15. The Bertz CT molecular complexity index is 418. The number of aliphatic carboxylic acids is 1. The lowest BCUT2D eigenvalue weighted by atomic mass is 10.0. The quantitative estimate of drug-likeness (QED) is 0.676. The molecule has 1 aromatic carbocycles. The second-order valence-electron chi connectivity index (χ2n) is 3.13. The molecule has 86 valence electrons. The molecule has 3 N–H and O–H groups in total. The van der Waals surface area contributed by atoms with E-state index < -0.39 is 18.2 Å². The van der Waals surface area contributed by atoms with E-state index in [1.165, 1.54) is 18.2 Å². The molecule has 0 aliphatic rings. The van der Waals surface area contributed by atoms with Crippen molar-refractivity contribution in [3.8, 4) is 0 Å². The summed E-state index contributed by atoms with van der Waals surface area (Å²) in [6.07, 6.45) is -3.07. The Kier molecular flexibility index (Phi) is 4.00. The lowest BCUT2D eigenvalue weighted by molar-refractivity contribution is -0.153. The van der Waals surface area contributed by atoms with Crippen LogP contribution in [0.5, 0.6) is 0 Å². The number of halogens is 1. The van der Waals surface area contributed by atoms with E-state index in [0.29, 0.717) is 6.29 Å². The van der Waals surface area contributed by atoms with Gasteiger partial charge in [-0.05, 0) is 17.7 Å². The minimum Gasteiger partial charge on any atom is -0.479 e. The fraction of sp³-hybridized carbons (Fsp3) is 0.200. The summed E-state index contributed by atoms with van der Waals surface area (Å²) in [4.78, 5) is 21.0. The molecule has 0 saturated heterocycles. The molecule has 6 heteroatoms. The number of aliphatic hydroxyl groups is 2. The first kappa shape index (κ1) is 12.6. The summed E-state index contributed by atoms with van der Waals surface area (Å²) in [5.41, 5.74) is 0.234. The Morgan fingerprint density at radius 3 is 2.50 bits per heavy atom. The second-order valence-corrected chi connectivity index (χ2v) is 3.53. The van der Waals surface area contributed by atoms with Crippen LogP contribution in [0.15, 0.2) is 18.2 Å². The van der Waals surface area contributed by atoms with Gasteiger partial charge in [-0.1, -0.05) is 17.7 Å². The average molecular weight is 245 g/mol. The van der Waals surface area contributed by atoms with Gasteiger partial charge in [0.05, 0.1) is 5.02 Å². The normalized spacial score (nSPS) is 14.2. The number of hydrogen-bond acceptors (Lipinski definition) is 4. The van der Waals surface area contributed by atoms with Crippen LogP contribution in [0.1, 0.15) is 22.0 Å². The molecule has 16 heavy (non-hydrogen) atoms. The van der Waals surface area contributed by atoms with E-state index in [-0.39, 0.29) is 16.1 Å². The molecule has 0 aromatic heterocycles. The third kappa shape index (κ3) is 2.57. The van der Waals surface area contributed by atoms with Gasteiger partial charge in [0, 0.05) is 5.56 Å². The summed E-state index contributed by atoms with van der Waals surface area (Å²) in [7, 11) is 0. The van der Waals surface area contributed by atoms with Crippen molar-refractivity contribution in [3.05, 3.63) is 34.3 Å². The predicted molar refractivity (Wildman–Crippen MR) is 55.4 cm³/mol. The van der Waals surface area contributed by atoms with Crippen LogP contribution in [0.25, 0.3) is 0 Å². The Balaban J connectivity index is 3.05. The molecule has 2 unspecified atom stereocenters. The molecular weight excluding hydrogens is 236 g/mol. The van der Waals surface area contributed by atoms with E-state index in [9.17, 15) is 14.7 Å². The van der Waals surface area contributed by atoms with Crippen molar-refractivity contribution in [1.29, 1.82) is 0 Å². The fourth-order valence-corrected chi connectivity index (χ4v) is 1.32. The summed E-state index contributed by atoms with van der Waals surface area (Å²) in [5, 5.41) is 27.3. The van der Waals surface area contributed by atoms with Crippen LogP contribution in [0, 0.1) is 0 Å². The van der Waals surface area contributed by atoms with E-state index in [4.69, 9.17) is 21.8 Å². The molecule has 0 aliphatic carbocycles. The van der Waals surface area contributed by atoms with Gasteiger partial charge in [-0.25, -0.2) is 4.79 Å². The minimum atomic E-state index is -1.94. The first-order valence-electron chi connectivity index (χ1n) is 4.31. The molecule has 0 radical (unpaired) electrons. The zero-order chi connectivity index (χ0) is 12.3. The molecule has 1 rings (SSSR count). The highest BCUT2D eigenvalue weighted by molar-refractivity contribution is 6.32. The first-order chi connectivity index (χ1) is 7.47. The number of hydrogen-bond donors (Lipinski definition) is 3. The minimum absolute atomic E-state index is 0.112. The smallest absolute Gasteiger partial charge is 0.335 e. The average Bonchev–Trinajstić information content (AvgIpc) is 2.27. The highest BCUT2D eigenvalue weighted by Crippen LogP contribution is 2.22. The van der Waals surface area contributed by atoms with Crippen LogP contribution in [0.2, 0.25) is 5.02 Å². The van der Waals surface area contributed by atoms with Crippen molar-refractivity contribution in [2.24, 2.45) is 0 Å². The highest BCUT2D eigenvalue weighted by atomic mass is 35.5. The molecule has 0 bridgehead atoms. The first-order valence-corrected chi connectivity index (χ1v) is 4.68. The van der Waals surface area contributed by atoms with Gasteiger partial charge in [-0.15, -0.1) is 0 Å². The SMILES string of the molecule is O=Cc1cc(C(O)C(O)C(=O)O)ccc1Cl. The Morgan fingerprint density at radius 1 is 1.38 bits per heavy atom. The summed E-state index contributed by atoms with van der Waals surface area (Å²) in [6, 6.07) is 3.91. The summed E-state index contributed by atoms with van der Waals surface area (Å²) < 4.78 is 0. The van der Waals surface area contributed by atoms with Crippen molar-refractivity contribution in [2.75, 3.05) is 0 Å². The van der Waals surface area contributed by atoms with E-state index >= 15 is 0 Å². The molecule has 0 spiro atoms. The molecule has 0 fully saturated rings.